The molecular formula is C78H130NO8+. The van der Waals surface area contributed by atoms with Crippen molar-refractivity contribution in [2.24, 2.45) is 0 Å². The molecule has 0 amide bonds. The van der Waals surface area contributed by atoms with E-state index in [1.54, 1.807) is 0 Å². The van der Waals surface area contributed by atoms with Crippen LogP contribution in [0.3, 0.4) is 0 Å². The summed E-state index contributed by atoms with van der Waals surface area (Å²) in [5.74, 6) is -2.06. The van der Waals surface area contributed by atoms with E-state index in [0.29, 0.717) is 17.4 Å². The van der Waals surface area contributed by atoms with Crippen LogP contribution in [0.4, 0.5) is 0 Å². The predicted octanol–water partition coefficient (Wildman–Crippen LogP) is 21.9. The summed E-state index contributed by atoms with van der Waals surface area (Å²) in [5, 5.41) is 9.74. The Morgan fingerprint density at radius 3 is 1.00 bits per heavy atom. The number of nitrogens with zero attached hydrogens (tertiary/aromatic N) is 1. The van der Waals surface area contributed by atoms with Gasteiger partial charge in [-0.05, 0) is 122 Å². The Morgan fingerprint density at radius 1 is 0.356 bits per heavy atom. The van der Waals surface area contributed by atoms with Gasteiger partial charge in [-0.3, -0.25) is 9.59 Å². The highest BCUT2D eigenvalue weighted by atomic mass is 16.7. The smallest absolute Gasteiger partial charge is 0.361 e. The number of likely N-dealkylation sites (N-methyl/N-ethyl adjacent to an activating group) is 1. The molecule has 0 spiro atoms. The third-order valence-electron chi connectivity index (χ3n) is 14.6. The lowest BCUT2D eigenvalue weighted by molar-refractivity contribution is -0.870. The quantitative estimate of drug-likeness (QED) is 0.0211. The van der Waals surface area contributed by atoms with Crippen molar-refractivity contribution >= 4 is 17.9 Å². The number of quaternary nitrogens is 1. The number of carboxylic acid groups (broad SMARTS) is 1. The summed E-state index contributed by atoms with van der Waals surface area (Å²) in [6.07, 6.45) is 95.3. The molecule has 0 aliphatic heterocycles. The number of carbonyl (C=O) groups is 3. The number of unbranched alkanes of at least 4 members (excludes halogenated alkanes) is 24. The van der Waals surface area contributed by atoms with Crippen LogP contribution in [0.15, 0.2) is 146 Å². The molecule has 0 fully saturated rings. The fraction of sp³-hybridized carbons (Fsp3) is 0.654. The summed E-state index contributed by atoms with van der Waals surface area (Å²) in [5.41, 5.74) is 0. The molecule has 0 radical (unpaired) electrons. The number of carboxylic acids is 1. The number of hydrogen-bond donors (Lipinski definition) is 1. The van der Waals surface area contributed by atoms with Crippen LogP contribution in [0.1, 0.15) is 271 Å². The summed E-state index contributed by atoms with van der Waals surface area (Å²) >= 11 is 0. The van der Waals surface area contributed by atoms with Crippen LogP contribution < -0.4 is 0 Å². The third-order valence-corrected chi connectivity index (χ3v) is 14.6. The third kappa shape index (κ3) is 68.5. The van der Waals surface area contributed by atoms with Gasteiger partial charge < -0.3 is 28.5 Å². The summed E-state index contributed by atoms with van der Waals surface area (Å²) in [6, 6.07) is 0. The van der Waals surface area contributed by atoms with Crippen molar-refractivity contribution in [3.8, 4) is 0 Å². The summed E-state index contributed by atoms with van der Waals surface area (Å²) < 4.78 is 22.9. The lowest BCUT2D eigenvalue weighted by atomic mass is 10.0. The second-order valence-electron chi connectivity index (χ2n) is 24.1. The largest absolute Gasteiger partial charge is 0.477 e. The monoisotopic (exact) mass is 1210 g/mol. The first-order valence-corrected chi connectivity index (χ1v) is 35.0. The Balaban J connectivity index is 4.26. The van der Waals surface area contributed by atoms with Crippen LogP contribution in [0.25, 0.3) is 0 Å². The lowest BCUT2D eigenvalue weighted by Gasteiger charge is -2.25. The molecule has 0 rings (SSSR count). The highest BCUT2D eigenvalue weighted by Crippen LogP contribution is 2.16. The Labute approximate surface area is 534 Å². The molecular weight excluding hydrogens is 1080 g/mol. The second-order valence-corrected chi connectivity index (χ2v) is 24.1. The van der Waals surface area contributed by atoms with Crippen molar-refractivity contribution in [2.45, 2.75) is 283 Å². The molecule has 0 saturated carbocycles. The first-order chi connectivity index (χ1) is 42.6. The molecule has 87 heavy (non-hydrogen) atoms. The summed E-state index contributed by atoms with van der Waals surface area (Å²) in [7, 11) is 5.96. The maximum Gasteiger partial charge on any atom is 0.361 e. The van der Waals surface area contributed by atoms with Gasteiger partial charge in [-0.1, -0.05) is 282 Å². The first kappa shape index (κ1) is 82.2. The minimum Gasteiger partial charge on any atom is -0.477 e. The zero-order chi connectivity index (χ0) is 63.3. The molecule has 0 saturated heterocycles. The van der Waals surface area contributed by atoms with E-state index in [2.05, 4.69) is 160 Å². The van der Waals surface area contributed by atoms with E-state index in [0.717, 1.165) is 109 Å². The fourth-order valence-corrected chi connectivity index (χ4v) is 9.25. The van der Waals surface area contributed by atoms with Crippen molar-refractivity contribution in [1.29, 1.82) is 0 Å². The van der Waals surface area contributed by atoms with Gasteiger partial charge in [-0.25, -0.2) is 4.79 Å². The van der Waals surface area contributed by atoms with E-state index in [1.807, 2.05) is 21.1 Å². The van der Waals surface area contributed by atoms with Crippen LogP contribution in [-0.2, 0) is 33.3 Å². The van der Waals surface area contributed by atoms with Crippen LogP contribution in [0.5, 0.6) is 0 Å². The normalized spacial score (nSPS) is 13.6. The molecule has 0 bridgehead atoms. The van der Waals surface area contributed by atoms with E-state index in [4.69, 9.17) is 18.9 Å². The van der Waals surface area contributed by atoms with Crippen LogP contribution in [0.2, 0.25) is 0 Å². The van der Waals surface area contributed by atoms with Crippen molar-refractivity contribution in [3.05, 3.63) is 146 Å². The SMILES string of the molecule is CC/C=C\C/C=C\C/C=C\C/C=C\C/C=C\C/C=C\C/C=C\C/C=C\C/C=C\C/C=C\C/C=C\CCCCCC(=O)OC(COC(=O)CCCCCCCCCCCCCCC/C=C\CCCCCCCCCC)COC(OCC[N+](C)(C)C)C(=O)O. The van der Waals surface area contributed by atoms with Gasteiger partial charge in [0.05, 0.1) is 34.4 Å². The molecule has 0 aromatic carbocycles. The van der Waals surface area contributed by atoms with E-state index < -0.39 is 24.3 Å². The average molecular weight is 1210 g/mol. The molecule has 0 aliphatic carbocycles. The molecule has 0 aromatic heterocycles. The number of carbonyl (C=O) groups excluding carboxylic acids is 2. The van der Waals surface area contributed by atoms with Gasteiger partial charge in [0.1, 0.15) is 13.2 Å². The number of ether oxygens (including phenoxy) is 4. The van der Waals surface area contributed by atoms with Gasteiger partial charge in [-0.15, -0.1) is 0 Å². The average Bonchev–Trinajstić information content (AvgIpc) is 3.57. The van der Waals surface area contributed by atoms with E-state index in [1.165, 1.54) is 128 Å². The van der Waals surface area contributed by atoms with Crippen LogP contribution >= 0.6 is 0 Å². The molecule has 2 atom stereocenters. The van der Waals surface area contributed by atoms with Crippen molar-refractivity contribution in [2.75, 3.05) is 47.5 Å². The van der Waals surface area contributed by atoms with E-state index >= 15 is 0 Å². The van der Waals surface area contributed by atoms with Crippen molar-refractivity contribution in [3.63, 3.8) is 0 Å². The van der Waals surface area contributed by atoms with Crippen LogP contribution in [-0.4, -0.2) is 87.4 Å². The van der Waals surface area contributed by atoms with Gasteiger partial charge in [0, 0.05) is 12.8 Å². The number of aliphatic carboxylic acids is 1. The fourth-order valence-electron chi connectivity index (χ4n) is 9.25. The molecule has 9 heteroatoms. The summed E-state index contributed by atoms with van der Waals surface area (Å²) in [4.78, 5) is 37.6. The van der Waals surface area contributed by atoms with Crippen LogP contribution in [0, 0.1) is 0 Å². The van der Waals surface area contributed by atoms with Gasteiger partial charge in [0.2, 0.25) is 0 Å². The molecule has 494 valence electrons. The number of allylic oxidation sites excluding steroid dienone is 24. The van der Waals surface area contributed by atoms with E-state index in [-0.39, 0.29) is 38.6 Å². The van der Waals surface area contributed by atoms with Crippen molar-refractivity contribution in [1.82, 2.24) is 0 Å². The molecule has 0 aliphatic rings. The zero-order valence-electron chi connectivity index (χ0n) is 56.4. The lowest BCUT2D eigenvalue weighted by Crippen LogP contribution is -2.40. The molecule has 2 unspecified atom stereocenters. The minimum absolute atomic E-state index is 0.174. The van der Waals surface area contributed by atoms with Gasteiger partial charge in [0.15, 0.2) is 6.10 Å². The van der Waals surface area contributed by atoms with E-state index in [9.17, 15) is 19.5 Å². The minimum atomic E-state index is -1.53. The number of esters is 2. The topological polar surface area (TPSA) is 108 Å². The Kier molecular flexibility index (Phi) is 63.4. The number of rotatable bonds is 63. The Hall–Kier alpha value is -4.83. The molecule has 0 heterocycles. The number of hydrogen-bond acceptors (Lipinski definition) is 7. The molecule has 1 N–H and O–H groups in total. The maximum absolute atomic E-state index is 12.9. The zero-order valence-corrected chi connectivity index (χ0v) is 56.4. The summed E-state index contributed by atoms with van der Waals surface area (Å²) in [6.45, 7) is 4.73. The Bertz CT molecular complexity index is 1940. The second kappa shape index (κ2) is 67.1. The standard InChI is InChI=1S/C78H129NO8/c1-6-8-10-12-14-16-18-20-22-24-26-28-30-32-33-34-35-36-37-38-39-40-41-42-43-45-47-49-51-53-55-57-59-61-63-65-67-69-76(81)87-74(73-86-78(77(82)83)84-71-70-79(3,4)5)72-85-75(80)68-66-64-62-60-58-56-54-52-50-48-46-44-31-29-27-25-23-21-19-17-15-13-11-9-7-2/h8,10,14,16,20,22,25-28,32-33,35-36,38-39,41-42,45,47,51,53,57,59,74,78H,6-7,9,11-13,15,17-19,21,23-24,29-31,34,37,40,43-44,46,48-50,52,54-56,58,60-73H2,1-5H3/p+1/b10-8-,16-14-,22-20-,27-25-,28-26-,33-32-,36-35-,39-38-,42-41-,47-45-,53-51-,59-57-. The van der Waals surface area contributed by atoms with Gasteiger partial charge >= 0.3 is 17.9 Å². The molecule has 9 nitrogen and oxygen atoms in total. The van der Waals surface area contributed by atoms with Gasteiger partial charge in [0.25, 0.3) is 6.29 Å². The predicted molar refractivity (Wildman–Crippen MR) is 373 cm³/mol. The first-order valence-electron chi connectivity index (χ1n) is 35.0. The maximum atomic E-state index is 12.9. The highest BCUT2D eigenvalue weighted by Gasteiger charge is 2.25. The highest BCUT2D eigenvalue weighted by molar-refractivity contribution is 5.71. The Morgan fingerprint density at radius 2 is 0.655 bits per heavy atom. The molecule has 0 aromatic rings. The van der Waals surface area contributed by atoms with Crippen molar-refractivity contribution < 1.29 is 42.9 Å². The van der Waals surface area contributed by atoms with Gasteiger partial charge in [-0.2, -0.15) is 0 Å².